The molecule has 0 saturated carbocycles. The SMILES string of the molecule is c1ccc(-c2ccccc2N2c3ccc(-c4cccc5c4c4ccccc4n5-c4ccccc4)cc3B3c4cc(-c5cccc6c5c5ccccc5n6-c5ccccc5)ccc4N(c4ccccc4-c4ccccc4)c4cc(-c5ccc6oc7ccccc7c6c5)cc2c43)cc1. The first kappa shape index (κ1) is 54.0. The van der Waals surface area contributed by atoms with Gasteiger partial charge in [0, 0.05) is 77.6 Å². The van der Waals surface area contributed by atoms with E-state index in [-0.39, 0.29) is 6.71 Å². The van der Waals surface area contributed by atoms with Crippen molar-refractivity contribution in [1.29, 1.82) is 0 Å². The molecule has 0 unspecified atom stereocenters. The third-order valence-corrected chi connectivity index (χ3v) is 20.3. The maximum absolute atomic E-state index is 6.54. The molecule has 0 amide bonds. The summed E-state index contributed by atoms with van der Waals surface area (Å²) in [5.41, 5.74) is 30.5. The van der Waals surface area contributed by atoms with Gasteiger partial charge in [0.15, 0.2) is 0 Å². The number of nitrogens with zero attached hydrogens (tertiary/aromatic N) is 4. The van der Waals surface area contributed by atoms with Crippen molar-refractivity contribution in [3.8, 4) is 67.0 Å². The molecule has 0 saturated heterocycles. The molecule has 0 atom stereocenters. The predicted molar refractivity (Wildman–Crippen MR) is 404 cm³/mol. The summed E-state index contributed by atoms with van der Waals surface area (Å²) >= 11 is 0. The highest BCUT2D eigenvalue weighted by Crippen LogP contribution is 2.52. The summed E-state index contributed by atoms with van der Waals surface area (Å²) in [7, 11) is 0. The zero-order chi connectivity index (χ0) is 63.0. The van der Waals surface area contributed by atoms with E-state index in [4.69, 9.17) is 4.42 Å². The van der Waals surface area contributed by atoms with Gasteiger partial charge in [-0.15, -0.1) is 0 Å². The average molecular weight is 1220 g/mol. The van der Waals surface area contributed by atoms with E-state index in [9.17, 15) is 0 Å². The largest absolute Gasteiger partial charge is 0.456 e. The second kappa shape index (κ2) is 21.5. The van der Waals surface area contributed by atoms with Gasteiger partial charge < -0.3 is 23.4 Å². The van der Waals surface area contributed by atoms with Crippen LogP contribution in [-0.2, 0) is 0 Å². The molecule has 18 aromatic rings. The smallest absolute Gasteiger partial charge is 0.252 e. The molecule has 2 aliphatic heterocycles. The van der Waals surface area contributed by atoms with Gasteiger partial charge in [-0.25, -0.2) is 0 Å². The zero-order valence-electron chi connectivity index (χ0n) is 52.2. The highest BCUT2D eigenvalue weighted by Gasteiger charge is 2.45. The van der Waals surface area contributed by atoms with Crippen LogP contribution in [-0.4, -0.2) is 15.8 Å². The number of rotatable bonds is 9. The maximum Gasteiger partial charge on any atom is 0.252 e. The Morgan fingerprint density at radius 2 is 0.635 bits per heavy atom. The molecule has 2 aliphatic rings. The lowest BCUT2D eigenvalue weighted by atomic mass is 9.33. The van der Waals surface area contributed by atoms with Gasteiger partial charge in [-0.3, -0.25) is 0 Å². The van der Waals surface area contributed by atoms with Gasteiger partial charge in [0.25, 0.3) is 6.71 Å². The van der Waals surface area contributed by atoms with Crippen molar-refractivity contribution in [2.24, 2.45) is 0 Å². The minimum Gasteiger partial charge on any atom is -0.456 e. The molecule has 0 bridgehead atoms. The van der Waals surface area contributed by atoms with Gasteiger partial charge in [-0.2, -0.15) is 0 Å². The Bertz CT molecular complexity index is 5850. The van der Waals surface area contributed by atoms with Gasteiger partial charge in [0.2, 0.25) is 0 Å². The highest BCUT2D eigenvalue weighted by atomic mass is 16.3. The Labute approximate surface area is 555 Å². The van der Waals surface area contributed by atoms with E-state index in [1.165, 1.54) is 71.1 Å². The Balaban J connectivity index is 0.918. The standard InChI is InChI=1S/C90H57BN4O/c1-5-25-58(26-6-1)66-33-13-18-40-76(66)94-80-50-47-61(68-38-23-44-82-88(68)71-36-15-20-42-78(71)92(82)64-29-9-3-10-30-64)54-74(80)91-75-55-62(69-39-24-45-83-89(69)72-37-16-21-43-79(72)93(83)65-31-11-4-12-32-65)48-51-81(75)95(77-41-19-14-34-67(77)59-27-7-2-8-28-59)85-57-63(56-84(94)90(85)91)60-49-52-87-73(53-60)70-35-17-22-46-86(70)96-87/h1-57H. The quantitative estimate of drug-likeness (QED) is 0.135. The number of hydrogen-bond donors (Lipinski definition) is 0. The summed E-state index contributed by atoms with van der Waals surface area (Å²) in [6.07, 6.45) is 0. The third kappa shape index (κ3) is 8.19. The molecule has 446 valence electrons. The number of anilines is 6. The van der Waals surface area contributed by atoms with Crippen LogP contribution in [0.25, 0.3) is 133 Å². The summed E-state index contributed by atoms with van der Waals surface area (Å²) in [6, 6.07) is 128. The first-order valence-electron chi connectivity index (χ1n) is 33.1. The summed E-state index contributed by atoms with van der Waals surface area (Å²) in [4.78, 5) is 5.20. The summed E-state index contributed by atoms with van der Waals surface area (Å²) in [6.45, 7) is -0.260. The van der Waals surface area contributed by atoms with Crippen LogP contribution in [0.3, 0.4) is 0 Å². The lowest BCUT2D eigenvalue weighted by Gasteiger charge is -2.45. The molecule has 0 spiro atoms. The molecule has 6 heteroatoms. The first-order valence-corrected chi connectivity index (χ1v) is 33.1. The van der Waals surface area contributed by atoms with Crippen molar-refractivity contribution in [3.05, 3.63) is 346 Å². The molecule has 3 aromatic heterocycles. The third-order valence-electron chi connectivity index (χ3n) is 20.3. The zero-order valence-corrected chi connectivity index (χ0v) is 52.2. The number of aromatic nitrogens is 2. The second-order valence-corrected chi connectivity index (χ2v) is 25.4. The fourth-order valence-electron chi connectivity index (χ4n) is 16.2. The maximum atomic E-state index is 6.54. The van der Waals surface area contributed by atoms with Gasteiger partial charge in [0.05, 0.1) is 33.4 Å². The van der Waals surface area contributed by atoms with E-state index in [0.29, 0.717) is 0 Å². The molecule has 20 rings (SSSR count). The Hall–Kier alpha value is -12.6. The minimum absolute atomic E-state index is 0.260. The molecule has 0 aliphatic carbocycles. The molecular weight excluding hydrogens is 1160 g/mol. The number of hydrogen-bond acceptors (Lipinski definition) is 3. The molecule has 0 N–H and O–H groups in total. The van der Waals surface area contributed by atoms with Crippen LogP contribution in [0, 0.1) is 0 Å². The summed E-state index contributed by atoms with van der Waals surface area (Å²) < 4.78 is 11.4. The van der Waals surface area contributed by atoms with Crippen molar-refractivity contribution in [1.82, 2.24) is 9.13 Å². The number of furan rings is 1. The second-order valence-electron chi connectivity index (χ2n) is 25.4. The van der Waals surface area contributed by atoms with E-state index in [0.717, 1.165) is 112 Å². The fraction of sp³-hybridized carbons (Fsp3) is 0. The normalized spacial score (nSPS) is 12.5. The van der Waals surface area contributed by atoms with Crippen LogP contribution in [0.15, 0.2) is 350 Å². The van der Waals surface area contributed by atoms with E-state index in [1.54, 1.807) is 0 Å². The van der Waals surface area contributed by atoms with Crippen molar-refractivity contribution in [2.75, 3.05) is 9.80 Å². The van der Waals surface area contributed by atoms with Crippen LogP contribution in [0.1, 0.15) is 0 Å². The van der Waals surface area contributed by atoms with Crippen LogP contribution in [0.2, 0.25) is 0 Å². The number of para-hydroxylation sites is 7. The summed E-state index contributed by atoms with van der Waals surface area (Å²) in [5, 5.41) is 7.07. The Morgan fingerprint density at radius 1 is 0.229 bits per heavy atom. The monoisotopic (exact) mass is 1220 g/mol. The lowest BCUT2D eigenvalue weighted by Crippen LogP contribution is -2.61. The summed E-state index contributed by atoms with van der Waals surface area (Å²) in [5.74, 6) is 0. The molecular formula is C90H57BN4O. The van der Waals surface area contributed by atoms with Crippen molar-refractivity contribution in [2.45, 2.75) is 0 Å². The molecule has 5 heterocycles. The number of fused-ring (bicyclic) bond motifs is 13. The van der Waals surface area contributed by atoms with Crippen molar-refractivity contribution >= 4 is 123 Å². The van der Waals surface area contributed by atoms with E-state index >= 15 is 0 Å². The van der Waals surface area contributed by atoms with Gasteiger partial charge in [0.1, 0.15) is 11.2 Å². The molecule has 0 radical (unpaired) electrons. The van der Waals surface area contributed by atoms with Gasteiger partial charge in [-0.1, -0.05) is 243 Å². The van der Waals surface area contributed by atoms with Crippen LogP contribution < -0.4 is 26.2 Å². The Morgan fingerprint density at radius 3 is 1.16 bits per heavy atom. The molecule has 5 nitrogen and oxygen atoms in total. The van der Waals surface area contributed by atoms with Gasteiger partial charge in [-0.05, 0) is 164 Å². The van der Waals surface area contributed by atoms with E-state index in [1.807, 2.05) is 0 Å². The van der Waals surface area contributed by atoms with Crippen molar-refractivity contribution in [3.63, 3.8) is 0 Å². The molecule has 0 fully saturated rings. The van der Waals surface area contributed by atoms with Crippen LogP contribution >= 0.6 is 0 Å². The lowest BCUT2D eigenvalue weighted by molar-refractivity contribution is 0.669. The highest BCUT2D eigenvalue weighted by molar-refractivity contribution is 7.00. The molecule has 96 heavy (non-hydrogen) atoms. The fourth-order valence-corrected chi connectivity index (χ4v) is 16.2. The predicted octanol–water partition coefficient (Wildman–Crippen LogP) is 22.2. The number of benzene rings is 15. The Kier molecular flexibility index (Phi) is 12.1. The minimum atomic E-state index is -0.260. The van der Waals surface area contributed by atoms with Gasteiger partial charge >= 0.3 is 0 Å². The topological polar surface area (TPSA) is 29.5 Å². The van der Waals surface area contributed by atoms with Crippen LogP contribution in [0.4, 0.5) is 34.1 Å². The molecule has 15 aromatic carbocycles. The average Bonchev–Trinajstić information content (AvgIpc) is 1.01. The van der Waals surface area contributed by atoms with E-state index in [2.05, 4.69) is 365 Å². The van der Waals surface area contributed by atoms with Crippen molar-refractivity contribution < 1.29 is 4.42 Å². The first-order chi connectivity index (χ1) is 47.7. The van der Waals surface area contributed by atoms with E-state index < -0.39 is 0 Å². The van der Waals surface area contributed by atoms with Crippen LogP contribution in [0.5, 0.6) is 0 Å².